The Morgan fingerprint density at radius 2 is 2.14 bits per heavy atom. The van der Waals surface area contributed by atoms with E-state index in [9.17, 15) is 9.18 Å². The summed E-state index contributed by atoms with van der Waals surface area (Å²) in [5.74, 6) is -0.140. The molecule has 21 heavy (non-hydrogen) atoms. The van der Waals surface area contributed by atoms with Crippen LogP contribution in [0.1, 0.15) is 38.7 Å². The summed E-state index contributed by atoms with van der Waals surface area (Å²) >= 11 is 6.06. The largest absolute Gasteiger partial charge is 0.335 e. The molecule has 0 radical (unpaired) electrons. The van der Waals surface area contributed by atoms with E-state index in [1.165, 1.54) is 6.07 Å². The predicted octanol–water partition coefficient (Wildman–Crippen LogP) is 3.34. The van der Waals surface area contributed by atoms with E-state index >= 15 is 0 Å². The number of halogens is 2. The topological polar surface area (TPSA) is 46.3 Å². The molecule has 2 N–H and O–H groups in total. The van der Waals surface area contributed by atoms with E-state index in [1.807, 2.05) is 13.8 Å². The lowest BCUT2D eigenvalue weighted by atomic mass is 10.0. The zero-order valence-corrected chi connectivity index (χ0v) is 13.2. The van der Waals surface area contributed by atoms with Crippen LogP contribution >= 0.6 is 11.6 Å². The Labute approximate surface area is 130 Å². The third-order valence-electron chi connectivity index (χ3n) is 3.96. The van der Waals surface area contributed by atoms with E-state index in [-0.39, 0.29) is 36.3 Å². The molecule has 1 saturated carbocycles. The average Bonchev–Trinajstić information content (AvgIpc) is 3.22. The first-order valence-corrected chi connectivity index (χ1v) is 7.76. The van der Waals surface area contributed by atoms with Crippen LogP contribution in [-0.4, -0.2) is 22.9 Å². The van der Waals surface area contributed by atoms with Gasteiger partial charge in [0.05, 0.1) is 6.54 Å². The zero-order valence-electron chi connectivity index (χ0n) is 12.5. The number of hydrogen-bond acceptors (Lipinski definition) is 2. The summed E-state index contributed by atoms with van der Waals surface area (Å²) in [4.78, 5) is 14.2. The lowest BCUT2D eigenvalue weighted by Gasteiger charge is -2.26. The minimum atomic E-state index is -0.367. The zero-order chi connectivity index (χ0) is 15.6. The molecule has 1 aliphatic carbocycles. The molecule has 1 atom stereocenters. The molecule has 2 rings (SSSR count). The monoisotopic (exact) mass is 312 g/mol. The molecule has 0 spiro atoms. The van der Waals surface area contributed by atoms with E-state index in [2.05, 4.69) is 0 Å². The van der Waals surface area contributed by atoms with E-state index < -0.39 is 0 Å². The van der Waals surface area contributed by atoms with Crippen molar-refractivity contribution in [2.24, 2.45) is 11.7 Å². The van der Waals surface area contributed by atoms with Crippen LogP contribution in [0.15, 0.2) is 18.2 Å². The molecule has 1 aliphatic rings. The number of benzene rings is 1. The van der Waals surface area contributed by atoms with Crippen molar-refractivity contribution < 1.29 is 9.18 Å². The van der Waals surface area contributed by atoms with E-state index in [0.717, 1.165) is 12.8 Å². The lowest BCUT2D eigenvalue weighted by Crippen LogP contribution is -2.39. The normalized spacial score (nSPS) is 16.1. The molecule has 0 heterocycles. The number of carbonyl (C=O) groups is 1. The van der Waals surface area contributed by atoms with Crippen LogP contribution in [0.4, 0.5) is 4.39 Å². The highest BCUT2D eigenvalue weighted by Gasteiger charge is 2.34. The van der Waals surface area contributed by atoms with E-state index in [0.29, 0.717) is 17.0 Å². The second-order valence-electron chi connectivity index (χ2n) is 6.07. The maximum atomic E-state index is 13.9. The number of amides is 1. The molecule has 116 valence electrons. The van der Waals surface area contributed by atoms with Crippen molar-refractivity contribution >= 4 is 17.5 Å². The van der Waals surface area contributed by atoms with Gasteiger partial charge in [-0.2, -0.15) is 0 Å². The number of nitrogens with two attached hydrogens (primary N) is 1. The fourth-order valence-electron chi connectivity index (χ4n) is 2.22. The van der Waals surface area contributed by atoms with Crippen LogP contribution in [0.25, 0.3) is 0 Å². The first kappa shape index (κ1) is 16.2. The Kier molecular flexibility index (Phi) is 5.22. The Morgan fingerprint density at radius 1 is 1.48 bits per heavy atom. The van der Waals surface area contributed by atoms with Crippen molar-refractivity contribution in [2.75, 3.05) is 0 Å². The summed E-state index contributed by atoms with van der Waals surface area (Å²) in [5.41, 5.74) is 6.37. The van der Waals surface area contributed by atoms with Gasteiger partial charge >= 0.3 is 0 Å². The SMILES string of the molecule is CC(C)C(N)CC(=O)N(Cc1c(F)cccc1Cl)C1CC1. The number of rotatable bonds is 6. The Morgan fingerprint density at radius 3 is 2.67 bits per heavy atom. The molecule has 5 heteroatoms. The molecular formula is C16H22ClFN2O. The van der Waals surface area contributed by atoms with Crippen molar-refractivity contribution in [1.82, 2.24) is 4.90 Å². The summed E-state index contributed by atoms with van der Waals surface area (Å²) in [7, 11) is 0. The molecule has 1 amide bonds. The van der Waals surface area contributed by atoms with Crippen LogP contribution in [0.3, 0.4) is 0 Å². The average molecular weight is 313 g/mol. The predicted molar refractivity (Wildman–Crippen MR) is 82.4 cm³/mol. The van der Waals surface area contributed by atoms with Gasteiger partial charge in [0.25, 0.3) is 0 Å². The highest BCUT2D eigenvalue weighted by molar-refractivity contribution is 6.31. The highest BCUT2D eigenvalue weighted by Crippen LogP contribution is 2.31. The van der Waals surface area contributed by atoms with Crippen LogP contribution in [-0.2, 0) is 11.3 Å². The maximum absolute atomic E-state index is 13.9. The van der Waals surface area contributed by atoms with Gasteiger partial charge in [-0.3, -0.25) is 4.79 Å². The minimum absolute atomic E-state index is 0.0157. The minimum Gasteiger partial charge on any atom is -0.335 e. The molecule has 0 saturated heterocycles. The van der Waals surface area contributed by atoms with Gasteiger partial charge in [-0.1, -0.05) is 31.5 Å². The van der Waals surface area contributed by atoms with E-state index in [4.69, 9.17) is 17.3 Å². The molecule has 1 aromatic carbocycles. The van der Waals surface area contributed by atoms with Gasteiger partial charge in [0.2, 0.25) is 5.91 Å². The molecule has 3 nitrogen and oxygen atoms in total. The molecule has 0 bridgehead atoms. The first-order chi connectivity index (χ1) is 9.90. The quantitative estimate of drug-likeness (QED) is 0.875. The van der Waals surface area contributed by atoms with Crippen LogP contribution in [0, 0.1) is 11.7 Å². The molecular weight excluding hydrogens is 291 g/mol. The Bertz CT molecular complexity index is 497. The maximum Gasteiger partial charge on any atom is 0.224 e. The third-order valence-corrected chi connectivity index (χ3v) is 4.32. The Hall–Kier alpha value is -1.13. The summed E-state index contributed by atoms with van der Waals surface area (Å²) < 4.78 is 13.9. The summed E-state index contributed by atoms with van der Waals surface area (Å²) in [5, 5.41) is 0.363. The van der Waals surface area contributed by atoms with Gasteiger partial charge in [0.15, 0.2) is 0 Å². The van der Waals surface area contributed by atoms with Crippen molar-refractivity contribution in [1.29, 1.82) is 0 Å². The standard InChI is InChI=1S/C16H22ClFN2O/c1-10(2)15(19)8-16(21)20(11-6-7-11)9-12-13(17)4-3-5-14(12)18/h3-5,10-11,15H,6-9,19H2,1-2H3. The number of nitrogens with zero attached hydrogens (tertiary/aromatic N) is 1. The van der Waals surface area contributed by atoms with E-state index in [1.54, 1.807) is 17.0 Å². The second-order valence-corrected chi connectivity index (χ2v) is 6.47. The summed E-state index contributed by atoms with van der Waals surface area (Å²) in [6.07, 6.45) is 2.23. The molecule has 1 aromatic rings. The van der Waals surface area contributed by atoms with Crippen molar-refractivity contribution in [3.05, 3.63) is 34.6 Å². The van der Waals surface area contributed by atoms with Gasteiger partial charge in [-0.15, -0.1) is 0 Å². The van der Waals surface area contributed by atoms with Gasteiger partial charge in [0.1, 0.15) is 5.82 Å². The molecule has 1 fully saturated rings. The lowest BCUT2D eigenvalue weighted by molar-refractivity contribution is -0.133. The van der Waals surface area contributed by atoms with Crippen molar-refractivity contribution in [2.45, 2.75) is 51.7 Å². The highest BCUT2D eigenvalue weighted by atomic mass is 35.5. The smallest absolute Gasteiger partial charge is 0.224 e. The summed E-state index contributed by atoms with van der Waals surface area (Å²) in [6, 6.07) is 4.62. The van der Waals surface area contributed by atoms with Crippen LogP contribution in [0.2, 0.25) is 5.02 Å². The van der Waals surface area contributed by atoms with Gasteiger partial charge < -0.3 is 10.6 Å². The van der Waals surface area contributed by atoms with Crippen molar-refractivity contribution in [3.8, 4) is 0 Å². The number of carbonyl (C=O) groups excluding carboxylic acids is 1. The van der Waals surface area contributed by atoms with Crippen molar-refractivity contribution in [3.63, 3.8) is 0 Å². The molecule has 0 aromatic heterocycles. The molecule has 0 aliphatic heterocycles. The second kappa shape index (κ2) is 6.75. The summed E-state index contributed by atoms with van der Waals surface area (Å²) in [6.45, 7) is 4.21. The number of hydrogen-bond donors (Lipinski definition) is 1. The Balaban J connectivity index is 2.11. The fraction of sp³-hybridized carbons (Fsp3) is 0.562. The first-order valence-electron chi connectivity index (χ1n) is 7.38. The van der Waals surface area contributed by atoms with Gasteiger partial charge in [0, 0.05) is 29.1 Å². The van der Waals surface area contributed by atoms with Gasteiger partial charge in [-0.25, -0.2) is 4.39 Å². The third kappa shape index (κ3) is 4.17. The fourth-order valence-corrected chi connectivity index (χ4v) is 2.44. The van der Waals surface area contributed by atoms with Crippen LogP contribution < -0.4 is 5.73 Å². The van der Waals surface area contributed by atoms with Gasteiger partial charge in [-0.05, 0) is 30.9 Å². The van der Waals surface area contributed by atoms with Crippen LogP contribution in [0.5, 0.6) is 0 Å². The molecule has 1 unspecified atom stereocenters.